The van der Waals surface area contributed by atoms with Gasteiger partial charge in [0.05, 0.1) is 6.61 Å². The van der Waals surface area contributed by atoms with E-state index in [1.54, 1.807) is 7.11 Å². The quantitative estimate of drug-likeness (QED) is 0.724. The first kappa shape index (κ1) is 13.9. The summed E-state index contributed by atoms with van der Waals surface area (Å²) in [5, 5.41) is 0. The molecule has 1 aliphatic carbocycles. The SMILES string of the molecule is CCN(CCOC)CCC1(N)CCCCC1. The van der Waals surface area contributed by atoms with Crippen molar-refractivity contribution in [2.75, 3.05) is 33.4 Å². The molecule has 0 spiro atoms. The standard InChI is InChI=1S/C13H28N2O/c1-3-15(11-12-16-2)10-9-13(14)7-5-4-6-8-13/h3-12,14H2,1-2H3. The number of rotatable bonds is 7. The van der Waals surface area contributed by atoms with Crippen molar-refractivity contribution >= 4 is 0 Å². The molecule has 1 saturated carbocycles. The lowest BCUT2D eigenvalue weighted by molar-refractivity contribution is 0.140. The van der Waals surface area contributed by atoms with Crippen LogP contribution in [0.25, 0.3) is 0 Å². The van der Waals surface area contributed by atoms with Gasteiger partial charge in [-0.1, -0.05) is 26.2 Å². The van der Waals surface area contributed by atoms with E-state index in [0.29, 0.717) is 0 Å². The van der Waals surface area contributed by atoms with Crippen LogP contribution in [0.4, 0.5) is 0 Å². The normalized spacial score (nSPS) is 20.2. The molecule has 0 unspecified atom stereocenters. The van der Waals surface area contributed by atoms with E-state index in [0.717, 1.165) is 32.7 Å². The predicted octanol–water partition coefficient (Wildman–Crippen LogP) is 2.01. The van der Waals surface area contributed by atoms with Gasteiger partial charge in [0.25, 0.3) is 0 Å². The predicted molar refractivity (Wildman–Crippen MR) is 68.6 cm³/mol. The van der Waals surface area contributed by atoms with Crippen molar-refractivity contribution in [1.29, 1.82) is 0 Å². The first-order valence-corrected chi connectivity index (χ1v) is 6.70. The Labute approximate surface area is 100 Å². The van der Waals surface area contributed by atoms with Crippen molar-refractivity contribution in [2.45, 2.75) is 51.0 Å². The highest BCUT2D eigenvalue weighted by Gasteiger charge is 2.27. The van der Waals surface area contributed by atoms with E-state index in [4.69, 9.17) is 10.5 Å². The summed E-state index contributed by atoms with van der Waals surface area (Å²) < 4.78 is 5.12. The Kier molecular flexibility index (Phi) is 6.32. The minimum atomic E-state index is 0.124. The lowest BCUT2D eigenvalue weighted by Gasteiger charge is -2.35. The van der Waals surface area contributed by atoms with E-state index in [1.165, 1.54) is 32.1 Å². The van der Waals surface area contributed by atoms with Crippen LogP contribution < -0.4 is 5.73 Å². The Balaban J connectivity index is 2.24. The highest BCUT2D eigenvalue weighted by atomic mass is 16.5. The molecule has 0 aromatic rings. The zero-order valence-electron chi connectivity index (χ0n) is 11.0. The first-order chi connectivity index (χ1) is 7.70. The van der Waals surface area contributed by atoms with Gasteiger partial charge < -0.3 is 15.4 Å². The van der Waals surface area contributed by atoms with Crippen molar-refractivity contribution in [3.05, 3.63) is 0 Å². The second-order valence-electron chi connectivity index (χ2n) is 5.10. The van der Waals surface area contributed by atoms with Crippen LogP contribution in [0.3, 0.4) is 0 Å². The number of ether oxygens (including phenoxy) is 1. The van der Waals surface area contributed by atoms with E-state index in [1.807, 2.05) is 0 Å². The Morgan fingerprint density at radius 3 is 2.44 bits per heavy atom. The van der Waals surface area contributed by atoms with Crippen LogP contribution in [0, 0.1) is 0 Å². The lowest BCUT2D eigenvalue weighted by atomic mass is 9.80. The maximum Gasteiger partial charge on any atom is 0.0589 e. The highest BCUT2D eigenvalue weighted by Crippen LogP contribution is 2.28. The van der Waals surface area contributed by atoms with Crippen LogP contribution in [0.15, 0.2) is 0 Å². The van der Waals surface area contributed by atoms with Gasteiger partial charge in [-0.05, 0) is 32.4 Å². The van der Waals surface area contributed by atoms with Crippen molar-refractivity contribution in [2.24, 2.45) is 5.73 Å². The molecule has 2 N–H and O–H groups in total. The molecule has 1 aliphatic rings. The van der Waals surface area contributed by atoms with E-state index in [-0.39, 0.29) is 5.54 Å². The van der Waals surface area contributed by atoms with Crippen LogP contribution in [0.2, 0.25) is 0 Å². The minimum Gasteiger partial charge on any atom is -0.383 e. The Bertz CT molecular complexity index is 179. The third-order valence-corrected chi connectivity index (χ3v) is 3.83. The molecule has 3 heteroatoms. The molecule has 0 radical (unpaired) electrons. The topological polar surface area (TPSA) is 38.5 Å². The zero-order chi connectivity index (χ0) is 11.9. The van der Waals surface area contributed by atoms with E-state index in [9.17, 15) is 0 Å². The van der Waals surface area contributed by atoms with E-state index in [2.05, 4.69) is 11.8 Å². The Morgan fingerprint density at radius 2 is 1.88 bits per heavy atom. The molecule has 0 amide bonds. The monoisotopic (exact) mass is 228 g/mol. The summed E-state index contributed by atoms with van der Waals surface area (Å²) in [5.74, 6) is 0. The van der Waals surface area contributed by atoms with Gasteiger partial charge in [-0.3, -0.25) is 0 Å². The average molecular weight is 228 g/mol. The highest BCUT2D eigenvalue weighted by molar-refractivity contribution is 4.87. The maximum atomic E-state index is 6.43. The number of hydrogen-bond donors (Lipinski definition) is 1. The lowest BCUT2D eigenvalue weighted by Crippen LogP contribution is -2.45. The third-order valence-electron chi connectivity index (χ3n) is 3.83. The van der Waals surface area contributed by atoms with Gasteiger partial charge in [0.15, 0.2) is 0 Å². The van der Waals surface area contributed by atoms with Crippen molar-refractivity contribution in [3.8, 4) is 0 Å². The average Bonchev–Trinajstić information content (AvgIpc) is 2.30. The Hall–Kier alpha value is -0.120. The minimum absolute atomic E-state index is 0.124. The summed E-state index contributed by atoms with van der Waals surface area (Å²) in [4.78, 5) is 2.44. The van der Waals surface area contributed by atoms with Gasteiger partial charge in [-0.15, -0.1) is 0 Å². The van der Waals surface area contributed by atoms with Crippen molar-refractivity contribution < 1.29 is 4.74 Å². The van der Waals surface area contributed by atoms with Crippen molar-refractivity contribution in [1.82, 2.24) is 4.90 Å². The van der Waals surface area contributed by atoms with E-state index < -0.39 is 0 Å². The third kappa shape index (κ3) is 4.81. The molecule has 16 heavy (non-hydrogen) atoms. The summed E-state index contributed by atoms with van der Waals surface area (Å²) in [7, 11) is 1.76. The molecule has 0 heterocycles. The first-order valence-electron chi connectivity index (χ1n) is 6.70. The summed E-state index contributed by atoms with van der Waals surface area (Å²) in [6.45, 7) is 6.28. The maximum absolute atomic E-state index is 6.43. The molecular weight excluding hydrogens is 200 g/mol. The van der Waals surface area contributed by atoms with Gasteiger partial charge in [0, 0.05) is 19.2 Å². The number of nitrogens with zero attached hydrogens (tertiary/aromatic N) is 1. The summed E-state index contributed by atoms with van der Waals surface area (Å²) in [6.07, 6.45) is 7.59. The van der Waals surface area contributed by atoms with Crippen LogP contribution in [-0.2, 0) is 4.74 Å². The second kappa shape index (κ2) is 7.25. The Morgan fingerprint density at radius 1 is 1.19 bits per heavy atom. The summed E-state index contributed by atoms with van der Waals surface area (Å²) >= 11 is 0. The van der Waals surface area contributed by atoms with Gasteiger partial charge in [0.1, 0.15) is 0 Å². The van der Waals surface area contributed by atoms with Gasteiger partial charge in [-0.2, -0.15) is 0 Å². The number of nitrogens with two attached hydrogens (primary N) is 1. The second-order valence-corrected chi connectivity index (χ2v) is 5.10. The smallest absolute Gasteiger partial charge is 0.0589 e. The van der Waals surface area contributed by atoms with Crippen LogP contribution in [0.1, 0.15) is 45.4 Å². The molecule has 0 saturated heterocycles. The van der Waals surface area contributed by atoms with Gasteiger partial charge in [-0.25, -0.2) is 0 Å². The van der Waals surface area contributed by atoms with Crippen LogP contribution in [-0.4, -0.2) is 43.8 Å². The molecule has 0 aromatic carbocycles. The molecule has 0 aliphatic heterocycles. The fraction of sp³-hybridized carbons (Fsp3) is 1.00. The fourth-order valence-corrected chi connectivity index (χ4v) is 2.54. The van der Waals surface area contributed by atoms with Crippen molar-refractivity contribution in [3.63, 3.8) is 0 Å². The fourth-order valence-electron chi connectivity index (χ4n) is 2.54. The van der Waals surface area contributed by atoms with E-state index >= 15 is 0 Å². The largest absolute Gasteiger partial charge is 0.383 e. The van der Waals surface area contributed by atoms with Gasteiger partial charge >= 0.3 is 0 Å². The molecule has 96 valence electrons. The molecular formula is C13H28N2O. The molecule has 3 nitrogen and oxygen atoms in total. The van der Waals surface area contributed by atoms with Gasteiger partial charge in [0.2, 0.25) is 0 Å². The number of methoxy groups -OCH3 is 1. The molecule has 1 rings (SSSR count). The molecule has 0 aromatic heterocycles. The number of hydrogen-bond acceptors (Lipinski definition) is 3. The van der Waals surface area contributed by atoms with Crippen LogP contribution >= 0.6 is 0 Å². The summed E-state index contributed by atoms with van der Waals surface area (Å²) in [5.41, 5.74) is 6.56. The van der Waals surface area contributed by atoms with Crippen LogP contribution in [0.5, 0.6) is 0 Å². The summed E-state index contributed by atoms with van der Waals surface area (Å²) in [6, 6.07) is 0. The molecule has 0 bridgehead atoms. The number of likely N-dealkylation sites (N-methyl/N-ethyl adjacent to an activating group) is 1. The zero-order valence-corrected chi connectivity index (χ0v) is 11.0. The molecule has 1 fully saturated rings. The molecule has 0 atom stereocenters.